The van der Waals surface area contributed by atoms with E-state index in [0.717, 1.165) is 42.3 Å². The Morgan fingerprint density at radius 2 is 1.47 bits per heavy atom. The summed E-state index contributed by atoms with van der Waals surface area (Å²) in [5.41, 5.74) is 3.55. The molecule has 2 aliphatic rings. The number of piperazine rings is 1. The zero-order valence-electron chi connectivity index (χ0n) is 18.8. The Morgan fingerprint density at radius 3 is 1.91 bits per heavy atom. The molecule has 9 heteroatoms. The summed E-state index contributed by atoms with van der Waals surface area (Å²) in [7, 11) is 3.33. The quantitative estimate of drug-likeness (QED) is 0.510. The van der Waals surface area contributed by atoms with Gasteiger partial charge in [-0.2, -0.15) is 25.4 Å². The van der Waals surface area contributed by atoms with Crippen molar-refractivity contribution in [3.05, 3.63) is 76.9 Å². The predicted octanol–water partition coefficient (Wildman–Crippen LogP) is 3.40. The van der Waals surface area contributed by atoms with Gasteiger partial charge in [0.2, 0.25) is 0 Å². The summed E-state index contributed by atoms with van der Waals surface area (Å²) in [6.45, 7) is 7.08. The Hall–Kier alpha value is -0.736. The molecule has 6 nitrogen and oxygen atoms in total. The molecule has 1 radical (unpaired) electrons. The molecular formula is C23H32N4O2S2Y-2. The van der Waals surface area contributed by atoms with E-state index in [1.807, 2.05) is 59.0 Å². The zero-order chi connectivity index (χ0) is 21.2. The van der Waals surface area contributed by atoms with Gasteiger partial charge < -0.3 is 37.2 Å². The van der Waals surface area contributed by atoms with Gasteiger partial charge >= 0.3 is 0 Å². The van der Waals surface area contributed by atoms with Crippen LogP contribution in [0.25, 0.3) is 5.32 Å². The van der Waals surface area contributed by atoms with E-state index < -0.39 is 0 Å². The average Bonchev–Trinajstić information content (AvgIpc) is 3.59. The monoisotopic (exact) mass is 549 g/mol. The Kier molecular flexibility index (Phi) is 14.6. The van der Waals surface area contributed by atoms with Crippen molar-refractivity contribution in [1.82, 2.24) is 14.5 Å². The van der Waals surface area contributed by atoms with Crippen LogP contribution in [0.5, 0.6) is 11.5 Å². The molecular weight excluding hydrogens is 517 g/mol. The second-order valence-electron chi connectivity index (χ2n) is 7.28. The molecule has 4 rings (SSSR count). The molecule has 1 N–H and O–H groups in total. The molecule has 2 aliphatic heterocycles. The summed E-state index contributed by atoms with van der Waals surface area (Å²) >= 11 is 5.41. The number of nitrogens with zero attached hydrogens (tertiary/aromatic N) is 3. The molecule has 1 saturated heterocycles. The molecule has 2 aromatic rings. The third kappa shape index (κ3) is 10.9. The summed E-state index contributed by atoms with van der Waals surface area (Å²) in [4.78, 5) is 2.43. The van der Waals surface area contributed by atoms with E-state index in [4.69, 9.17) is 22.3 Å². The SMILES string of the molecule is C1=C(CN2CCNCC2)[N-]1.COc1cccc(CN([S-])Cc2cccc(OC)c2)c1.S.[Y]. The minimum Gasteiger partial charge on any atom is -0.701 e. The summed E-state index contributed by atoms with van der Waals surface area (Å²) in [5, 5.41) is 7.34. The largest absolute Gasteiger partial charge is 0.701 e. The maximum Gasteiger partial charge on any atom is 0.119 e. The van der Waals surface area contributed by atoms with Crippen molar-refractivity contribution in [2.24, 2.45) is 0 Å². The van der Waals surface area contributed by atoms with Crippen LogP contribution in [-0.2, 0) is 58.6 Å². The van der Waals surface area contributed by atoms with Crippen molar-refractivity contribution in [3.8, 4) is 11.5 Å². The van der Waals surface area contributed by atoms with Crippen molar-refractivity contribution in [2.45, 2.75) is 13.1 Å². The van der Waals surface area contributed by atoms with Gasteiger partial charge in [0.15, 0.2) is 0 Å². The molecule has 2 aromatic carbocycles. The minimum atomic E-state index is 0. The minimum absolute atomic E-state index is 0. The second kappa shape index (κ2) is 16.0. The van der Waals surface area contributed by atoms with Gasteiger partial charge in [-0.05, 0) is 35.4 Å². The molecule has 0 bridgehead atoms. The molecule has 0 aromatic heterocycles. The fourth-order valence-electron chi connectivity index (χ4n) is 3.23. The average molecular weight is 550 g/mol. The van der Waals surface area contributed by atoms with Crippen LogP contribution in [0.1, 0.15) is 11.1 Å². The standard InChI is InChI=1S/C16H18NO2S.C7H12N3.H2S.Y/c1-18-15-7-3-5-13(9-15)11-17(20)12-14-6-4-8-16(10-14)19-2;1-3-10(4-2-8-1)6-7-5-9-7;;/h3-10H,11-12H2,1-2H3;5,8H,1-4,6H2;1H2;/q2*-1;;. The number of methoxy groups -OCH3 is 2. The van der Waals surface area contributed by atoms with Crippen LogP contribution < -0.4 is 14.8 Å². The summed E-state index contributed by atoms with van der Waals surface area (Å²) in [6, 6.07) is 15.9. The molecule has 0 atom stereocenters. The van der Waals surface area contributed by atoms with Gasteiger partial charge in [0.1, 0.15) is 11.5 Å². The number of hydrogen-bond acceptors (Lipinski definition) is 6. The van der Waals surface area contributed by atoms with Crippen molar-refractivity contribution < 1.29 is 42.2 Å². The van der Waals surface area contributed by atoms with E-state index in [1.54, 1.807) is 14.2 Å². The van der Waals surface area contributed by atoms with Gasteiger partial charge in [-0.15, -0.1) is 0 Å². The summed E-state index contributed by atoms with van der Waals surface area (Å²) < 4.78 is 12.3. The second-order valence-corrected chi connectivity index (χ2v) is 7.79. The van der Waals surface area contributed by atoms with Crippen molar-refractivity contribution in [2.75, 3.05) is 46.9 Å². The normalized spacial score (nSPS) is 14.6. The first-order chi connectivity index (χ1) is 14.7. The Labute approximate surface area is 230 Å². The maximum absolute atomic E-state index is 5.41. The van der Waals surface area contributed by atoms with Gasteiger partial charge in [-0.3, -0.25) is 4.90 Å². The summed E-state index contributed by atoms with van der Waals surface area (Å²) in [5.74, 6) is 1.71. The number of nitrogens with one attached hydrogen (secondary N) is 1. The first-order valence-electron chi connectivity index (χ1n) is 10.2. The van der Waals surface area contributed by atoms with E-state index in [9.17, 15) is 0 Å². The summed E-state index contributed by atoms with van der Waals surface area (Å²) in [6.07, 6.45) is 1.95. The molecule has 2 heterocycles. The Balaban J connectivity index is 0.000000360. The van der Waals surface area contributed by atoms with E-state index in [1.165, 1.54) is 18.8 Å². The van der Waals surface area contributed by atoms with Crippen LogP contribution in [0, 0.1) is 0 Å². The topological polar surface area (TPSA) is 51.1 Å². The van der Waals surface area contributed by atoms with E-state index in [2.05, 4.69) is 15.5 Å². The van der Waals surface area contributed by atoms with Gasteiger partial charge in [-0.1, -0.05) is 24.3 Å². The molecule has 173 valence electrons. The first kappa shape index (κ1) is 29.3. The molecule has 0 spiro atoms. The van der Waals surface area contributed by atoms with Crippen molar-refractivity contribution >= 4 is 26.3 Å². The van der Waals surface area contributed by atoms with Crippen LogP contribution >= 0.6 is 13.5 Å². The molecule has 0 saturated carbocycles. The number of hydrogen-bond donors (Lipinski definition) is 1. The third-order valence-corrected chi connectivity index (χ3v) is 5.15. The number of ether oxygens (including phenoxy) is 2. The fourth-order valence-corrected chi connectivity index (χ4v) is 3.53. The predicted molar refractivity (Wildman–Crippen MR) is 134 cm³/mol. The molecule has 0 aliphatic carbocycles. The van der Waals surface area contributed by atoms with Crippen LogP contribution in [0.4, 0.5) is 0 Å². The van der Waals surface area contributed by atoms with Crippen LogP contribution in [-0.4, -0.2) is 56.1 Å². The van der Waals surface area contributed by atoms with Gasteiger partial charge in [-0.25, -0.2) is 0 Å². The van der Waals surface area contributed by atoms with E-state index >= 15 is 0 Å². The molecule has 1 fully saturated rings. The molecule has 0 unspecified atom stereocenters. The molecule has 0 amide bonds. The van der Waals surface area contributed by atoms with Gasteiger partial charge in [0.05, 0.1) is 14.2 Å². The molecule has 32 heavy (non-hydrogen) atoms. The third-order valence-electron chi connectivity index (χ3n) is 4.89. The van der Waals surface area contributed by atoms with Crippen molar-refractivity contribution in [1.29, 1.82) is 0 Å². The van der Waals surface area contributed by atoms with Gasteiger partial charge in [0, 0.05) is 78.5 Å². The maximum atomic E-state index is 5.41. The first-order valence-corrected chi connectivity index (χ1v) is 10.5. The van der Waals surface area contributed by atoms with E-state index in [0.29, 0.717) is 13.1 Å². The van der Waals surface area contributed by atoms with E-state index in [-0.39, 0.29) is 46.2 Å². The Morgan fingerprint density at radius 1 is 0.969 bits per heavy atom. The van der Waals surface area contributed by atoms with Crippen molar-refractivity contribution in [3.63, 3.8) is 0 Å². The van der Waals surface area contributed by atoms with Crippen LogP contribution in [0.2, 0.25) is 0 Å². The zero-order valence-corrected chi connectivity index (χ0v) is 23.4. The number of rotatable bonds is 8. The van der Waals surface area contributed by atoms with Crippen LogP contribution in [0.3, 0.4) is 0 Å². The Bertz CT molecular complexity index is 786. The number of benzene rings is 2. The fraction of sp³-hybridized carbons (Fsp3) is 0.391. The smallest absolute Gasteiger partial charge is 0.119 e. The van der Waals surface area contributed by atoms with Gasteiger partial charge in [0.25, 0.3) is 0 Å². The van der Waals surface area contributed by atoms with Crippen LogP contribution in [0.15, 0.2) is 60.4 Å².